The van der Waals surface area contributed by atoms with Crippen LogP contribution in [0, 0.1) is 0 Å². The molecule has 1 N–H and O–H groups in total. The van der Waals surface area contributed by atoms with Gasteiger partial charge in [-0.05, 0) is 12.1 Å². The van der Waals surface area contributed by atoms with Gasteiger partial charge in [-0.3, -0.25) is 4.79 Å². The van der Waals surface area contributed by atoms with Gasteiger partial charge >= 0.3 is 0 Å². The summed E-state index contributed by atoms with van der Waals surface area (Å²) in [5.41, 5.74) is 0.734. The molecule has 0 saturated heterocycles. The number of amides is 1. The molecule has 0 aliphatic carbocycles. The zero-order valence-electron chi connectivity index (χ0n) is 7.64. The van der Waals surface area contributed by atoms with Crippen molar-refractivity contribution in [3.8, 4) is 5.75 Å². The molecule has 14 heavy (non-hydrogen) atoms. The number of hydrogen-bond donors (Lipinski definition) is 1. The molecular weight excluding hydrogens is 182 g/mol. The fourth-order valence-electron chi connectivity index (χ4n) is 1.51. The lowest BCUT2D eigenvalue weighted by Crippen LogP contribution is -2.39. The number of carbonyl (C=O) groups is 1. The maximum absolute atomic E-state index is 11.3. The lowest BCUT2D eigenvalue weighted by atomic mass is 10.2. The van der Waals surface area contributed by atoms with Gasteiger partial charge in [0.25, 0.3) is 5.91 Å². The van der Waals surface area contributed by atoms with E-state index < -0.39 is 6.61 Å². The van der Waals surface area contributed by atoms with E-state index in [-0.39, 0.29) is 5.91 Å². The minimum atomic E-state index is -0.464. The second-order valence-electron chi connectivity index (χ2n) is 3.02. The highest BCUT2D eigenvalue weighted by Gasteiger charge is 2.21. The van der Waals surface area contributed by atoms with E-state index in [1.807, 2.05) is 24.3 Å². The highest BCUT2D eigenvalue weighted by molar-refractivity contribution is 5.95. The first-order valence-electron chi connectivity index (χ1n) is 4.46. The Bertz CT molecular complexity index is 351. The zero-order valence-corrected chi connectivity index (χ0v) is 7.64. The summed E-state index contributed by atoms with van der Waals surface area (Å²) in [4.78, 5) is 12.9. The molecule has 1 aromatic rings. The maximum atomic E-state index is 11.3. The summed E-state index contributed by atoms with van der Waals surface area (Å²) >= 11 is 0. The molecule has 2 rings (SSSR count). The second-order valence-corrected chi connectivity index (χ2v) is 3.02. The van der Waals surface area contributed by atoms with Gasteiger partial charge in [-0.25, -0.2) is 0 Å². The average Bonchev–Trinajstić information content (AvgIpc) is 2.27. The normalized spacial score (nSPS) is 14.5. The molecule has 0 atom stereocenters. The van der Waals surface area contributed by atoms with E-state index in [0.717, 1.165) is 5.69 Å². The number of para-hydroxylation sites is 2. The molecule has 0 spiro atoms. The van der Waals surface area contributed by atoms with Crippen LogP contribution in [0.25, 0.3) is 0 Å². The topological polar surface area (TPSA) is 49.8 Å². The lowest BCUT2D eigenvalue weighted by Gasteiger charge is -2.28. The number of nitrogens with zero attached hydrogens (tertiary/aromatic N) is 1. The molecular formula is C10H11NO3. The van der Waals surface area contributed by atoms with Crippen molar-refractivity contribution in [1.29, 1.82) is 0 Å². The van der Waals surface area contributed by atoms with Crippen LogP contribution in [0.2, 0.25) is 0 Å². The van der Waals surface area contributed by atoms with Crippen LogP contribution >= 0.6 is 0 Å². The van der Waals surface area contributed by atoms with Crippen LogP contribution in [0.1, 0.15) is 0 Å². The molecule has 0 saturated carbocycles. The molecule has 1 aliphatic heterocycles. The largest absolute Gasteiger partial charge is 0.490 e. The van der Waals surface area contributed by atoms with Crippen LogP contribution in [-0.4, -0.2) is 30.8 Å². The van der Waals surface area contributed by atoms with Crippen molar-refractivity contribution in [2.75, 3.05) is 24.7 Å². The number of rotatable bonds is 1. The van der Waals surface area contributed by atoms with Gasteiger partial charge in [-0.1, -0.05) is 12.1 Å². The summed E-state index contributed by atoms with van der Waals surface area (Å²) in [6.45, 7) is 0.507. The Hall–Kier alpha value is -1.55. The maximum Gasteiger partial charge on any atom is 0.252 e. The highest BCUT2D eigenvalue weighted by atomic mass is 16.5. The number of hydrogen-bond acceptors (Lipinski definition) is 3. The van der Waals surface area contributed by atoms with E-state index in [9.17, 15) is 4.79 Å². The number of benzene rings is 1. The zero-order chi connectivity index (χ0) is 9.97. The summed E-state index contributed by atoms with van der Waals surface area (Å²) in [6, 6.07) is 7.31. The molecule has 4 nitrogen and oxygen atoms in total. The van der Waals surface area contributed by atoms with Crippen molar-refractivity contribution >= 4 is 11.6 Å². The van der Waals surface area contributed by atoms with Crippen LogP contribution < -0.4 is 9.64 Å². The van der Waals surface area contributed by atoms with Crippen LogP contribution in [0.3, 0.4) is 0 Å². The van der Waals surface area contributed by atoms with E-state index in [4.69, 9.17) is 9.84 Å². The molecule has 0 fully saturated rings. The van der Waals surface area contributed by atoms with Crippen LogP contribution in [0.4, 0.5) is 5.69 Å². The van der Waals surface area contributed by atoms with E-state index in [2.05, 4.69) is 0 Å². The molecule has 0 radical (unpaired) electrons. The fraction of sp³-hybridized carbons (Fsp3) is 0.300. The van der Waals surface area contributed by atoms with Gasteiger partial charge in [-0.15, -0.1) is 0 Å². The van der Waals surface area contributed by atoms with Crippen molar-refractivity contribution in [3.05, 3.63) is 24.3 Å². The number of fused-ring (bicyclic) bond motifs is 1. The van der Waals surface area contributed by atoms with Crippen molar-refractivity contribution in [2.24, 2.45) is 0 Å². The first kappa shape index (κ1) is 9.02. The Morgan fingerprint density at radius 1 is 1.50 bits per heavy atom. The van der Waals surface area contributed by atoms with Crippen LogP contribution in [-0.2, 0) is 4.79 Å². The van der Waals surface area contributed by atoms with Crippen LogP contribution in [0.15, 0.2) is 24.3 Å². The van der Waals surface area contributed by atoms with E-state index in [1.54, 1.807) is 4.90 Å². The second kappa shape index (κ2) is 3.67. The van der Waals surface area contributed by atoms with E-state index in [1.165, 1.54) is 0 Å². The van der Waals surface area contributed by atoms with Crippen molar-refractivity contribution < 1.29 is 14.6 Å². The van der Waals surface area contributed by atoms with Crippen molar-refractivity contribution in [1.82, 2.24) is 0 Å². The third-order valence-corrected chi connectivity index (χ3v) is 2.16. The smallest absolute Gasteiger partial charge is 0.252 e. The minimum Gasteiger partial charge on any atom is -0.490 e. The van der Waals surface area contributed by atoms with Gasteiger partial charge in [0.05, 0.1) is 12.2 Å². The SMILES string of the molecule is O=C(CO)N1CCOc2ccccc21. The standard InChI is InChI=1S/C10H11NO3/c12-7-10(13)11-5-6-14-9-4-2-1-3-8(9)11/h1-4,12H,5-7H2. The van der Waals surface area contributed by atoms with Crippen LogP contribution in [0.5, 0.6) is 5.75 Å². The van der Waals surface area contributed by atoms with Gasteiger partial charge in [0.2, 0.25) is 0 Å². The molecule has 74 valence electrons. The molecule has 1 aromatic carbocycles. The summed E-state index contributed by atoms with van der Waals surface area (Å²) in [5, 5.41) is 8.78. The first-order valence-corrected chi connectivity index (χ1v) is 4.46. The Balaban J connectivity index is 2.35. The Morgan fingerprint density at radius 2 is 2.29 bits per heavy atom. The Morgan fingerprint density at radius 3 is 3.07 bits per heavy atom. The summed E-state index contributed by atoms with van der Waals surface area (Å²) in [6.07, 6.45) is 0. The number of ether oxygens (including phenoxy) is 1. The molecule has 0 aromatic heterocycles. The van der Waals surface area contributed by atoms with Gasteiger partial charge in [-0.2, -0.15) is 0 Å². The predicted octanol–water partition coefficient (Wildman–Crippen LogP) is 0.404. The van der Waals surface area contributed by atoms with E-state index >= 15 is 0 Å². The molecule has 1 heterocycles. The Kier molecular flexibility index (Phi) is 2.37. The van der Waals surface area contributed by atoms with Gasteiger partial charge < -0.3 is 14.7 Å². The number of anilines is 1. The first-order chi connectivity index (χ1) is 6.83. The fourth-order valence-corrected chi connectivity index (χ4v) is 1.51. The van der Waals surface area contributed by atoms with Gasteiger partial charge in [0, 0.05) is 0 Å². The predicted molar refractivity (Wildman–Crippen MR) is 51.4 cm³/mol. The number of aliphatic hydroxyl groups is 1. The monoisotopic (exact) mass is 193 g/mol. The molecule has 0 unspecified atom stereocenters. The molecule has 4 heteroatoms. The van der Waals surface area contributed by atoms with Crippen molar-refractivity contribution in [3.63, 3.8) is 0 Å². The third kappa shape index (κ3) is 1.44. The number of aliphatic hydroxyl groups excluding tert-OH is 1. The van der Waals surface area contributed by atoms with Crippen molar-refractivity contribution in [2.45, 2.75) is 0 Å². The lowest BCUT2D eigenvalue weighted by molar-refractivity contribution is -0.121. The van der Waals surface area contributed by atoms with Gasteiger partial charge in [0.15, 0.2) is 0 Å². The average molecular weight is 193 g/mol. The van der Waals surface area contributed by atoms with E-state index in [0.29, 0.717) is 18.9 Å². The molecule has 1 amide bonds. The summed E-state index contributed by atoms with van der Waals surface area (Å²) in [7, 11) is 0. The number of carbonyl (C=O) groups excluding carboxylic acids is 1. The Labute approximate surface area is 81.7 Å². The van der Waals surface area contributed by atoms with Gasteiger partial charge in [0.1, 0.15) is 19.0 Å². The summed E-state index contributed by atoms with van der Waals surface area (Å²) < 4.78 is 5.37. The third-order valence-electron chi connectivity index (χ3n) is 2.16. The quantitative estimate of drug-likeness (QED) is 0.702. The molecule has 1 aliphatic rings. The highest BCUT2D eigenvalue weighted by Crippen LogP contribution is 2.30. The molecule has 0 bridgehead atoms. The minimum absolute atomic E-state index is 0.291. The summed E-state index contributed by atoms with van der Waals surface area (Å²) in [5.74, 6) is 0.404.